The third kappa shape index (κ3) is 5.53. The van der Waals surface area contributed by atoms with E-state index in [2.05, 4.69) is 15.2 Å². The number of esters is 1. The highest BCUT2D eigenvalue weighted by molar-refractivity contribution is 6.07. The van der Waals surface area contributed by atoms with Crippen LogP contribution in [0, 0.1) is 23.0 Å². The van der Waals surface area contributed by atoms with Gasteiger partial charge >= 0.3 is 5.97 Å². The van der Waals surface area contributed by atoms with Gasteiger partial charge in [-0.05, 0) is 68.0 Å². The number of anilines is 1. The van der Waals surface area contributed by atoms with Crippen LogP contribution in [0.15, 0.2) is 48.5 Å². The molecule has 3 atom stereocenters. The number of halogens is 2. The van der Waals surface area contributed by atoms with Crippen molar-refractivity contribution >= 4 is 28.6 Å². The van der Waals surface area contributed by atoms with Crippen LogP contribution in [0.3, 0.4) is 0 Å². The number of nitrogens with zero attached hydrogens (tertiary/aromatic N) is 2. The summed E-state index contributed by atoms with van der Waals surface area (Å²) in [6.07, 6.45) is 7.03. The number of aliphatic hydroxyl groups excluding tert-OH is 1. The van der Waals surface area contributed by atoms with E-state index in [0.717, 1.165) is 50.0 Å². The van der Waals surface area contributed by atoms with Crippen LogP contribution in [-0.2, 0) is 4.74 Å². The first-order valence-corrected chi connectivity index (χ1v) is 13.6. The van der Waals surface area contributed by atoms with E-state index in [1.54, 1.807) is 25.3 Å². The Bertz CT molecular complexity index is 1410. The van der Waals surface area contributed by atoms with Crippen molar-refractivity contribution in [3.05, 3.63) is 71.3 Å². The smallest absolute Gasteiger partial charge is 0.338 e. The number of hydrogen-bond acceptors (Lipinski definition) is 7. The second-order valence-electron chi connectivity index (χ2n) is 10.7. The van der Waals surface area contributed by atoms with E-state index < -0.39 is 17.6 Å². The molecule has 1 aromatic heterocycles. The fourth-order valence-electron chi connectivity index (χ4n) is 6.33. The molecule has 9 heteroatoms. The summed E-state index contributed by atoms with van der Waals surface area (Å²) in [7, 11) is 2.92. The number of rotatable bonds is 8. The second kappa shape index (κ2) is 11.9. The van der Waals surface area contributed by atoms with Gasteiger partial charge in [0.25, 0.3) is 0 Å². The quantitative estimate of drug-likeness (QED) is 0.383. The fourth-order valence-corrected chi connectivity index (χ4v) is 6.33. The zero-order valence-electron chi connectivity index (χ0n) is 22.8. The highest BCUT2D eigenvalue weighted by Crippen LogP contribution is 2.47. The summed E-state index contributed by atoms with van der Waals surface area (Å²) >= 11 is 0. The van der Waals surface area contributed by atoms with Crippen LogP contribution in [0.1, 0.15) is 41.6 Å². The van der Waals surface area contributed by atoms with Gasteiger partial charge in [0.15, 0.2) is 0 Å². The van der Waals surface area contributed by atoms with Crippen LogP contribution in [0.2, 0.25) is 0 Å². The van der Waals surface area contributed by atoms with Gasteiger partial charge in [0.05, 0.1) is 37.6 Å². The minimum absolute atomic E-state index is 0.0918. The standard InChI is InChI=1S/C31H35F2N3O4/c1-39-28-10-7-24-25(30(38)40-2)6-9-27(29(24)35-28)36-15-12-21-17-23(11-13-31(21,18-36)19-37)34-14-3-4-20-16-22(32)5-8-26(20)33/h3-10,16,21,23,34,37H,11-15,17-19H2,1-2H3/t21-,23-,31+/m1/s1. The average Bonchev–Trinajstić information content (AvgIpc) is 2.99. The molecule has 0 amide bonds. The van der Waals surface area contributed by atoms with Crippen molar-refractivity contribution in [3.63, 3.8) is 0 Å². The number of piperidine rings is 1. The number of aliphatic hydroxyl groups is 1. The van der Waals surface area contributed by atoms with Gasteiger partial charge in [-0.25, -0.2) is 18.6 Å². The van der Waals surface area contributed by atoms with E-state index in [0.29, 0.717) is 41.4 Å². The van der Waals surface area contributed by atoms with E-state index in [1.165, 1.54) is 13.2 Å². The summed E-state index contributed by atoms with van der Waals surface area (Å²) in [6, 6.07) is 11.0. The van der Waals surface area contributed by atoms with Crippen LogP contribution in [0.25, 0.3) is 17.0 Å². The first kappa shape index (κ1) is 28.0. The van der Waals surface area contributed by atoms with Crippen molar-refractivity contribution in [3.8, 4) is 5.88 Å². The van der Waals surface area contributed by atoms with Crippen molar-refractivity contribution in [2.45, 2.75) is 31.7 Å². The zero-order chi connectivity index (χ0) is 28.3. The Labute approximate surface area is 232 Å². The molecule has 212 valence electrons. The van der Waals surface area contributed by atoms with Crippen LogP contribution in [-0.4, -0.2) is 62.6 Å². The largest absolute Gasteiger partial charge is 0.481 e. The molecule has 0 unspecified atom stereocenters. The highest BCUT2D eigenvalue weighted by atomic mass is 19.1. The first-order valence-electron chi connectivity index (χ1n) is 13.6. The Morgan fingerprint density at radius 3 is 2.83 bits per heavy atom. The van der Waals surface area contributed by atoms with E-state index in [4.69, 9.17) is 9.47 Å². The van der Waals surface area contributed by atoms with Gasteiger partial charge in [-0.15, -0.1) is 0 Å². The SMILES string of the molecule is COC(=O)c1ccc(N2CC[C@@H]3C[C@H](NCC=Cc4cc(F)ccc4F)CC[C@@]3(CO)C2)c2nc(OC)ccc12. The van der Waals surface area contributed by atoms with Crippen LogP contribution in [0.5, 0.6) is 5.88 Å². The van der Waals surface area contributed by atoms with Gasteiger partial charge in [0.1, 0.15) is 11.6 Å². The molecule has 3 aromatic rings. The lowest BCUT2D eigenvalue weighted by Crippen LogP contribution is -2.55. The Kier molecular flexibility index (Phi) is 8.32. The molecule has 1 saturated carbocycles. The molecule has 2 aromatic carbocycles. The molecule has 0 spiro atoms. The maximum atomic E-state index is 13.9. The minimum atomic E-state index is -0.463. The van der Waals surface area contributed by atoms with Crippen molar-refractivity contribution in [2.24, 2.45) is 11.3 Å². The summed E-state index contributed by atoms with van der Waals surface area (Å²) < 4.78 is 37.6. The number of nitrogens with one attached hydrogen (secondary N) is 1. The third-order valence-corrected chi connectivity index (χ3v) is 8.54. The molecule has 5 rings (SSSR count). The third-order valence-electron chi connectivity index (χ3n) is 8.54. The molecule has 7 nitrogen and oxygen atoms in total. The van der Waals surface area contributed by atoms with Gasteiger partial charge in [-0.2, -0.15) is 0 Å². The fraction of sp³-hybridized carbons (Fsp3) is 0.419. The van der Waals surface area contributed by atoms with Gasteiger partial charge < -0.3 is 24.8 Å². The molecule has 0 bridgehead atoms. The Morgan fingerprint density at radius 1 is 1.20 bits per heavy atom. The van der Waals surface area contributed by atoms with Gasteiger partial charge in [0, 0.05) is 48.1 Å². The van der Waals surface area contributed by atoms with Crippen LogP contribution < -0.4 is 15.0 Å². The number of carbonyl (C=O) groups excluding carboxylic acids is 1. The van der Waals surface area contributed by atoms with E-state index in [1.807, 2.05) is 18.2 Å². The molecule has 1 saturated heterocycles. The molecular weight excluding hydrogens is 516 g/mol. The molecular formula is C31H35F2N3O4. The number of carbonyl (C=O) groups is 1. The maximum absolute atomic E-state index is 13.9. The molecule has 0 radical (unpaired) electrons. The van der Waals surface area contributed by atoms with Crippen LogP contribution in [0.4, 0.5) is 14.5 Å². The number of pyridine rings is 1. The lowest BCUT2D eigenvalue weighted by molar-refractivity contribution is 0.00193. The summed E-state index contributed by atoms with van der Waals surface area (Å²) in [5, 5.41) is 14.9. The predicted molar refractivity (Wildman–Crippen MR) is 151 cm³/mol. The van der Waals surface area contributed by atoms with E-state index in [9.17, 15) is 18.7 Å². The molecule has 1 aliphatic heterocycles. The van der Waals surface area contributed by atoms with Crippen molar-refractivity contribution in [2.75, 3.05) is 45.4 Å². The first-order chi connectivity index (χ1) is 19.4. The molecule has 1 aliphatic carbocycles. The number of methoxy groups -OCH3 is 2. The Morgan fingerprint density at radius 2 is 2.05 bits per heavy atom. The number of ether oxygens (including phenoxy) is 2. The maximum Gasteiger partial charge on any atom is 0.338 e. The summed E-state index contributed by atoms with van der Waals surface area (Å²) in [6.45, 7) is 2.13. The summed E-state index contributed by atoms with van der Waals surface area (Å²) in [5.41, 5.74) is 2.01. The second-order valence-corrected chi connectivity index (χ2v) is 10.7. The molecule has 2 heterocycles. The van der Waals surface area contributed by atoms with E-state index >= 15 is 0 Å². The monoisotopic (exact) mass is 551 g/mol. The molecule has 2 aliphatic rings. The van der Waals surface area contributed by atoms with E-state index in [-0.39, 0.29) is 23.6 Å². The van der Waals surface area contributed by atoms with Crippen molar-refractivity contribution in [1.29, 1.82) is 0 Å². The van der Waals surface area contributed by atoms with Gasteiger partial charge in [-0.3, -0.25) is 0 Å². The van der Waals surface area contributed by atoms with Crippen molar-refractivity contribution < 1.29 is 28.2 Å². The summed E-state index contributed by atoms with van der Waals surface area (Å²) in [4.78, 5) is 19.4. The molecule has 2 fully saturated rings. The topological polar surface area (TPSA) is 83.9 Å². The number of aromatic nitrogens is 1. The Balaban J connectivity index is 1.29. The van der Waals surface area contributed by atoms with Gasteiger partial charge in [0.2, 0.25) is 5.88 Å². The van der Waals surface area contributed by atoms with Crippen molar-refractivity contribution in [1.82, 2.24) is 10.3 Å². The lowest BCUT2D eigenvalue weighted by Gasteiger charge is -2.52. The highest BCUT2D eigenvalue weighted by Gasteiger charge is 2.46. The lowest BCUT2D eigenvalue weighted by atomic mass is 9.62. The number of fused-ring (bicyclic) bond motifs is 2. The predicted octanol–water partition coefficient (Wildman–Crippen LogP) is 4.97. The summed E-state index contributed by atoms with van der Waals surface area (Å²) in [5.74, 6) is -0.529. The molecule has 40 heavy (non-hydrogen) atoms. The number of hydrogen-bond donors (Lipinski definition) is 2. The van der Waals surface area contributed by atoms with Gasteiger partial charge in [-0.1, -0.05) is 12.2 Å². The average molecular weight is 552 g/mol. The zero-order valence-corrected chi connectivity index (χ0v) is 22.8. The molecule has 2 N–H and O–H groups in total. The Hall–Kier alpha value is -3.56. The number of benzene rings is 2. The minimum Gasteiger partial charge on any atom is -0.481 e. The van der Waals surface area contributed by atoms with Crippen LogP contribution >= 0.6 is 0 Å². The normalized spacial score (nSPS) is 22.9.